The van der Waals surface area contributed by atoms with Gasteiger partial charge in [-0.2, -0.15) is 0 Å². The fourth-order valence-corrected chi connectivity index (χ4v) is 2.65. The summed E-state index contributed by atoms with van der Waals surface area (Å²) in [5.41, 5.74) is 1.26. The Kier molecular flexibility index (Phi) is 4.58. The van der Waals surface area contributed by atoms with Gasteiger partial charge in [0.05, 0.1) is 17.1 Å². The third kappa shape index (κ3) is 4.21. The second-order valence-corrected chi connectivity index (χ2v) is 6.18. The zero-order valence-corrected chi connectivity index (χ0v) is 12.7. The highest BCUT2D eigenvalue weighted by atomic mass is 32.2. The van der Waals surface area contributed by atoms with E-state index >= 15 is 0 Å². The van der Waals surface area contributed by atoms with Crippen LogP contribution in [0.5, 0.6) is 0 Å². The first-order chi connectivity index (χ1) is 10.7. The van der Waals surface area contributed by atoms with Gasteiger partial charge in [0.1, 0.15) is 5.82 Å². The van der Waals surface area contributed by atoms with Crippen LogP contribution in [0.1, 0.15) is 12.8 Å². The molecule has 1 saturated carbocycles. The third-order valence-electron chi connectivity index (χ3n) is 3.21. The number of carbonyl (C=O) groups is 1. The van der Waals surface area contributed by atoms with Gasteiger partial charge in [-0.25, -0.2) is 4.39 Å². The van der Waals surface area contributed by atoms with Crippen molar-refractivity contribution in [1.82, 2.24) is 4.98 Å². The predicted octanol–water partition coefficient (Wildman–Crippen LogP) is 3.53. The van der Waals surface area contributed by atoms with E-state index in [0.717, 1.165) is 17.7 Å². The molecule has 22 heavy (non-hydrogen) atoms. The van der Waals surface area contributed by atoms with Crippen molar-refractivity contribution in [3.05, 3.63) is 48.5 Å². The average Bonchev–Trinajstić information content (AvgIpc) is 3.33. The van der Waals surface area contributed by atoms with Gasteiger partial charge in [0.25, 0.3) is 0 Å². The lowest BCUT2D eigenvalue weighted by atomic mass is 10.2. The molecule has 1 fully saturated rings. The number of carbonyl (C=O) groups excluding carboxylic acids is 1. The number of hydrogen-bond donors (Lipinski definition) is 2. The molecule has 3 rings (SSSR count). The van der Waals surface area contributed by atoms with Crippen LogP contribution in [0.3, 0.4) is 0 Å². The highest BCUT2D eigenvalue weighted by Gasteiger charge is 2.22. The lowest BCUT2D eigenvalue weighted by Crippen LogP contribution is -2.16. The lowest BCUT2D eigenvalue weighted by molar-refractivity contribution is -0.113. The summed E-state index contributed by atoms with van der Waals surface area (Å²) in [5.74, 6) is -0.135. The molecule has 1 aromatic heterocycles. The van der Waals surface area contributed by atoms with Gasteiger partial charge in [0.15, 0.2) is 0 Å². The standard InChI is InChI=1S/C16H16FN3OS/c17-11-1-4-14(15(9-11)19-12-2-3-12)20-16(21)10-22-13-5-7-18-8-6-13/h1,4-9,12,19H,2-3,10H2,(H,20,21). The van der Waals surface area contributed by atoms with Crippen LogP contribution in [-0.4, -0.2) is 22.7 Å². The number of thioether (sulfide) groups is 1. The zero-order chi connectivity index (χ0) is 15.4. The highest BCUT2D eigenvalue weighted by Crippen LogP contribution is 2.30. The van der Waals surface area contributed by atoms with Crippen molar-refractivity contribution in [2.75, 3.05) is 16.4 Å². The summed E-state index contributed by atoms with van der Waals surface area (Å²) >= 11 is 1.44. The van der Waals surface area contributed by atoms with Gasteiger partial charge in [-0.1, -0.05) is 0 Å². The van der Waals surface area contributed by atoms with Crippen molar-refractivity contribution in [3.63, 3.8) is 0 Å². The van der Waals surface area contributed by atoms with Crippen LogP contribution in [0.25, 0.3) is 0 Å². The SMILES string of the molecule is O=C(CSc1ccncc1)Nc1ccc(F)cc1NC1CC1. The van der Waals surface area contributed by atoms with Gasteiger partial charge in [0.2, 0.25) is 5.91 Å². The summed E-state index contributed by atoms with van der Waals surface area (Å²) in [6, 6.07) is 8.47. The molecule has 0 unspecified atom stereocenters. The molecule has 0 aliphatic heterocycles. The van der Waals surface area contributed by atoms with E-state index < -0.39 is 0 Å². The fraction of sp³-hybridized carbons (Fsp3) is 0.250. The number of benzene rings is 1. The molecule has 0 bridgehead atoms. The van der Waals surface area contributed by atoms with Crippen LogP contribution >= 0.6 is 11.8 Å². The summed E-state index contributed by atoms with van der Waals surface area (Å²) in [6.45, 7) is 0. The number of hydrogen-bond acceptors (Lipinski definition) is 4. The molecule has 1 aliphatic rings. The number of rotatable bonds is 6. The average molecular weight is 317 g/mol. The van der Waals surface area contributed by atoms with Crippen molar-refractivity contribution >= 4 is 29.0 Å². The summed E-state index contributed by atoms with van der Waals surface area (Å²) in [6.07, 6.45) is 5.55. The van der Waals surface area contributed by atoms with E-state index in [-0.39, 0.29) is 11.7 Å². The quantitative estimate of drug-likeness (QED) is 0.800. The van der Waals surface area contributed by atoms with Gasteiger partial charge >= 0.3 is 0 Å². The first-order valence-corrected chi connectivity index (χ1v) is 8.08. The van der Waals surface area contributed by atoms with E-state index in [1.54, 1.807) is 18.5 Å². The smallest absolute Gasteiger partial charge is 0.234 e. The number of pyridine rings is 1. The van der Waals surface area contributed by atoms with Crippen LogP contribution in [0.2, 0.25) is 0 Å². The molecule has 6 heteroatoms. The van der Waals surface area contributed by atoms with Crippen molar-refractivity contribution in [1.29, 1.82) is 0 Å². The molecule has 0 atom stereocenters. The van der Waals surface area contributed by atoms with Crippen LogP contribution in [0.4, 0.5) is 15.8 Å². The Morgan fingerprint density at radius 3 is 2.73 bits per heavy atom. The maximum atomic E-state index is 13.4. The van der Waals surface area contributed by atoms with E-state index in [1.807, 2.05) is 12.1 Å². The largest absolute Gasteiger partial charge is 0.381 e. The summed E-state index contributed by atoms with van der Waals surface area (Å²) in [7, 11) is 0. The number of aromatic nitrogens is 1. The molecule has 0 spiro atoms. The van der Waals surface area contributed by atoms with E-state index in [1.165, 1.54) is 23.9 Å². The minimum absolute atomic E-state index is 0.118. The molecule has 1 heterocycles. The molecular weight excluding hydrogens is 301 g/mol. The summed E-state index contributed by atoms with van der Waals surface area (Å²) in [5, 5.41) is 6.07. The van der Waals surface area contributed by atoms with Gasteiger partial charge in [-0.15, -0.1) is 11.8 Å². The molecule has 0 saturated heterocycles. The first-order valence-electron chi connectivity index (χ1n) is 7.09. The Morgan fingerprint density at radius 1 is 1.23 bits per heavy atom. The maximum absolute atomic E-state index is 13.4. The second kappa shape index (κ2) is 6.79. The molecule has 2 N–H and O–H groups in total. The first kappa shape index (κ1) is 14.8. The number of nitrogens with one attached hydrogen (secondary N) is 2. The minimum atomic E-state index is -0.313. The molecule has 1 aromatic carbocycles. The van der Waals surface area contributed by atoms with Gasteiger partial charge < -0.3 is 10.6 Å². The fourth-order valence-electron chi connectivity index (χ4n) is 1.96. The molecule has 114 valence electrons. The number of amides is 1. The predicted molar refractivity (Wildman–Crippen MR) is 86.6 cm³/mol. The number of anilines is 2. The van der Waals surface area contributed by atoms with Crippen LogP contribution in [-0.2, 0) is 4.79 Å². The summed E-state index contributed by atoms with van der Waals surface area (Å²) in [4.78, 5) is 17.0. The minimum Gasteiger partial charge on any atom is -0.381 e. The molecule has 1 amide bonds. The monoisotopic (exact) mass is 317 g/mol. The van der Waals surface area contributed by atoms with Gasteiger partial charge in [-0.05, 0) is 43.2 Å². The number of halogens is 1. The highest BCUT2D eigenvalue weighted by molar-refractivity contribution is 8.00. The van der Waals surface area contributed by atoms with E-state index in [9.17, 15) is 9.18 Å². The van der Waals surface area contributed by atoms with Gasteiger partial charge in [0, 0.05) is 23.3 Å². The molecule has 1 aliphatic carbocycles. The van der Waals surface area contributed by atoms with Crippen LogP contribution < -0.4 is 10.6 Å². The molecule has 0 radical (unpaired) electrons. The van der Waals surface area contributed by atoms with Gasteiger partial charge in [-0.3, -0.25) is 9.78 Å². The lowest BCUT2D eigenvalue weighted by Gasteiger charge is -2.12. The molecular formula is C16H16FN3OS. The normalized spacial score (nSPS) is 13.7. The Morgan fingerprint density at radius 2 is 2.00 bits per heavy atom. The van der Waals surface area contributed by atoms with Crippen LogP contribution in [0, 0.1) is 5.82 Å². The molecule has 2 aromatic rings. The van der Waals surface area contributed by atoms with E-state index in [2.05, 4.69) is 15.6 Å². The third-order valence-corrected chi connectivity index (χ3v) is 4.22. The van der Waals surface area contributed by atoms with Crippen LogP contribution in [0.15, 0.2) is 47.6 Å². The zero-order valence-electron chi connectivity index (χ0n) is 11.9. The van der Waals surface area contributed by atoms with Crippen molar-refractivity contribution < 1.29 is 9.18 Å². The Labute approximate surface area is 132 Å². The van der Waals surface area contributed by atoms with Crippen molar-refractivity contribution in [2.24, 2.45) is 0 Å². The Balaban J connectivity index is 1.60. The Bertz CT molecular complexity index is 662. The molecule has 4 nitrogen and oxygen atoms in total. The van der Waals surface area contributed by atoms with Crippen molar-refractivity contribution in [2.45, 2.75) is 23.8 Å². The van der Waals surface area contributed by atoms with Crippen molar-refractivity contribution in [3.8, 4) is 0 Å². The van der Waals surface area contributed by atoms with E-state index in [4.69, 9.17) is 0 Å². The van der Waals surface area contributed by atoms with E-state index in [0.29, 0.717) is 23.2 Å². The maximum Gasteiger partial charge on any atom is 0.234 e. The Hall–Kier alpha value is -2.08. The number of nitrogens with zero attached hydrogens (tertiary/aromatic N) is 1. The summed E-state index contributed by atoms with van der Waals surface area (Å²) < 4.78 is 13.4. The topological polar surface area (TPSA) is 54.0 Å². The second-order valence-electron chi connectivity index (χ2n) is 5.13.